The highest BCUT2D eigenvalue weighted by molar-refractivity contribution is 5.91. The maximum absolute atomic E-state index is 10.7. The van der Waals surface area contributed by atoms with Crippen molar-refractivity contribution in [3.63, 3.8) is 0 Å². The first-order valence-corrected chi connectivity index (χ1v) is 3.14. The molecule has 4 heteroatoms. The average molecular weight is 151 g/mol. The lowest BCUT2D eigenvalue weighted by atomic mass is 10.3. The van der Waals surface area contributed by atoms with Gasteiger partial charge in [-0.25, -0.2) is 0 Å². The molecule has 0 aromatic heterocycles. The molecule has 0 rings (SSSR count). The van der Waals surface area contributed by atoms with Gasteiger partial charge in [-0.3, -0.25) is 4.79 Å². The van der Waals surface area contributed by atoms with Gasteiger partial charge in [0.25, 0.3) is 0 Å². The van der Waals surface area contributed by atoms with E-state index in [1.54, 1.807) is 18.2 Å². The molecule has 0 saturated heterocycles. The summed E-state index contributed by atoms with van der Waals surface area (Å²) in [6, 6.07) is 0. The van der Waals surface area contributed by atoms with Crippen LogP contribution < -0.4 is 0 Å². The maximum Gasteiger partial charge on any atom is 0.161 e. The highest BCUT2D eigenvalue weighted by Crippen LogP contribution is 1.81. The molecule has 0 aliphatic rings. The predicted octanol–water partition coefficient (Wildman–Crippen LogP) is 2.00. The van der Waals surface area contributed by atoms with E-state index in [1.165, 1.54) is 6.08 Å². The highest BCUT2D eigenvalue weighted by Gasteiger charge is 1.89. The summed E-state index contributed by atoms with van der Waals surface area (Å²) in [5, 5.41) is 3.11. The van der Waals surface area contributed by atoms with Crippen LogP contribution in [0.25, 0.3) is 10.4 Å². The van der Waals surface area contributed by atoms with E-state index >= 15 is 0 Å². The summed E-state index contributed by atoms with van der Waals surface area (Å²) in [6.45, 7) is 1.74. The van der Waals surface area contributed by atoms with Crippen LogP contribution in [0, 0.1) is 0 Å². The SMILES string of the molecule is C/C=C/C=C/C(=O)CN=[N+]=[N-]. The van der Waals surface area contributed by atoms with Crippen molar-refractivity contribution in [3.05, 3.63) is 34.7 Å². The van der Waals surface area contributed by atoms with Crippen molar-refractivity contribution >= 4 is 5.78 Å². The standard InChI is InChI=1S/C7H9N3O/c1-2-3-4-5-7(11)6-9-10-8/h2-5H,6H2,1H3/b3-2+,5-4+. The fourth-order valence-electron chi connectivity index (χ4n) is 0.428. The summed E-state index contributed by atoms with van der Waals surface area (Å²) in [4.78, 5) is 13.1. The first-order chi connectivity index (χ1) is 5.31. The van der Waals surface area contributed by atoms with Crippen molar-refractivity contribution in [2.75, 3.05) is 6.54 Å². The topological polar surface area (TPSA) is 65.8 Å². The summed E-state index contributed by atoms with van der Waals surface area (Å²) in [5.41, 5.74) is 7.85. The number of allylic oxidation sites excluding steroid dienone is 3. The lowest BCUT2D eigenvalue weighted by molar-refractivity contribution is -0.113. The number of rotatable bonds is 4. The van der Waals surface area contributed by atoms with Crippen LogP contribution in [0.4, 0.5) is 0 Å². The van der Waals surface area contributed by atoms with Crippen LogP contribution in [-0.4, -0.2) is 12.3 Å². The zero-order valence-electron chi connectivity index (χ0n) is 6.27. The summed E-state index contributed by atoms with van der Waals surface area (Å²) in [5.74, 6) is -0.194. The van der Waals surface area contributed by atoms with Gasteiger partial charge in [-0.15, -0.1) is 0 Å². The summed E-state index contributed by atoms with van der Waals surface area (Å²) < 4.78 is 0. The summed E-state index contributed by atoms with van der Waals surface area (Å²) >= 11 is 0. The van der Waals surface area contributed by atoms with Crippen molar-refractivity contribution in [3.8, 4) is 0 Å². The molecule has 0 aliphatic carbocycles. The minimum absolute atomic E-state index is 0.107. The van der Waals surface area contributed by atoms with E-state index in [2.05, 4.69) is 10.0 Å². The molecule has 4 nitrogen and oxygen atoms in total. The van der Waals surface area contributed by atoms with Gasteiger partial charge in [0.1, 0.15) is 0 Å². The molecule has 0 spiro atoms. The van der Waals surface area contributed by atoms with Gasteiger partial charge < -0.3 is 0 Å². The first-order valence-electron chi connectivity index (χ1n) is 3.14. The molecule has 0 atom stereocenters. The molecule has 0 fully saturated rings. The second kappa shape index (κ2) is 6.58. The predicted molar refractivity (Wildman–Crippen MR) is 43.0 cm³/mol. The van der Waals surface area contributed by atoms with E-state index in [-0.39, 0.29) is 12.3 Å². The molecule has 0 amide bonds. The molecule has 0 bridgehead atoms. The molecule has 0 unspecified atom stereocenters. The fourth-order valence-corrected chi connectivity index (χ4v) is 0.428. The molecular weight excluding hydrogens is 142 g/mol. The van der Waals surface area contributed by atoms with Gasteiger partial charge in [0, 0.05) is 4.91 Å². The van der Waals surface area contributed by atoms with Gasteiger partial charge in [-0.1, -0.05) is 23.3 Å². The van der Waals surface area contributed by atoms with Crippen LogP contribution in [0.5, 0.6) is 0 Å². The van der Waals surface area contributed by atoms with Crippen molar-refractivity contribution in [1.29, 1.82) is 0 Å². The Hall–Kier alpha value is -1.54. The van der Waals surface area contributed by atoms with Crippen LogP contribution in [0.2, 0.25) is 0 Å². The van der Waals surface area contributed by atoms with Crippen molar-refractivity contribution in [2.24, 2.45) is 5.11 Å². The largest absolute Gasteiger partial charge is 0.295 e. The van der Waals surface area contributed by atoms with Gasteiger partial charge in [-0.05, 0) is 18.5 Å². The third-order valence-corrected chi connectivity index (χ3v) is 0.875. The molecule has 0 radical (unpaired) electrons. The Morgan fingerprint density at radius 2 is 2.36 bits per heavy atom. The van der Waals surface area contributed by atoms with E-state index in [4.69, 9.17) is 5.53 Å². The smallest absolute Gasteiger partial charge is 0.161 e. The number of ketones is 1. The number of hydrogen-bond acceptors (Lipinski definition) is 2. The molecule has 0 aliphatic heterocycles. The van der Waals surface area contributed by atoms with Crippen molar-refractivity contribution in [2.45, 2.75) is 6.92 Å². The van der Waals surface area contributed by atoms with Gasteiger partial charge in [0.2, 0.25) is 0 Å². The lowest BCUT2D eigenvalue weighted by Crippen LogP contribution is -1.94. The first kappa shape index (κ1) is 9.46. The van der Waals surface area contributed by atoms with E-state index in [9.17, 15) is 4.79 Å². The number of carbonyl (C=O) groups excluding carboxylic acids is 1. The van der Waals surface area contributed by atoms with Gasteiger partial charge in [0.05, 0.1) is 6.54 Å². The minimum atomic E-state index is -0.194. The van der Waals surface area contributed by atoms with Gasteiger partial charge in [-0.2, -0.15) is 0 Å². The van der Waals surface area contributed by atoms with Crippen molar-refractivity contribution < 1.29 is 4.79 Å². The monoisotopic (exact) mass is 151 g/mol. The second-order valence-corrected chi connectivity index (χ2v) is 1.74. The van der Waals surface area contributed by atoms with E-state index in [0.29, 0.717) is 0 Å². The van der Waals surface area contributed by atoms with Gasteiger partial charge >= 0.3 is 0 Å². The lowest BCUT2D eigenvalue weighted by Gasteiger charge is -1.80. The Morgan fingerprint density at radius 1 is 1.64 bits per heavy atom. The highest BCUT2D eigenvalue weighted by atomic mass is 16.1. The Balaban J connectivity index is 3.77. The molecular formula is C7H9N3O. The van der Waals surface area contributed by atoms with E-state index in [1.807, 2.05) is 6.92 Å². The zero-order chi connectivity index (χ0) is 8.53. The molecule has 0 aromatic rings. The molecule has 0 saturated carbocycles. The molecule has 58 valence electrons. The Kier molecular flexibility index (Phi) is 5.66. The minimum Gasteiger partial charge on any atom is -0.295 e. The molecule has 0 N–H and O–H groups in total. The second-order valence-electron chi connectivity index (χ2n) is 1.74. The van der Waals surface area contributed by atoms with Crippen LogP contribution in [-0.2, 0) is 4.79 Å². The number of hydrogen-bond donors (Lipinski definition) is 0. The van der Waals surface area contributed by atoms with Crippen LogP contribution >= 0.6 is 0 Å². The normalized spacial score (nSPS) is 10.3. The number of nitrogens with zero attached hydrogens (tertiary/aromatic N) is 3. The Morgan fingerprint density at radius 3 is 2.91 bits per heavy atom. The number of carbonyl (C=O) groups is 1. The van der Waals surface area contributed by atoms with Gasteiger partial charge in [0.15, 0.2) is 5.78 Å². The summed E-state index contributed by atoms with van der Waals surface area (Å²) in [7, 11) is 0. The molecule has 0 heterocycles. The summed E-state index contributed by atoms with van der Waals surface area (Å²) in [6.07, 6.45) is 6.51. The van der Waals surface area contributed by atoms with E-state index in [0.717, 1.165) is 0 Å². The Bertz CT molecular complexity index is 224. The maximum atomic E-state index is 10.7. The third kappa shape index (κ3) is 6.34. The quantitative estimate of drug-likeness (QED) is 0.199. The molecule has 0 aromatic carbocycles. The van der Waals surface area contributed by atoms with Crippen LogP contribution in [0.3, 0.4) is 0 Å². The fraction of sp³-hybridized carbons (Fsp3) is 0.286. The average Bonchev–Trinajstić information content (AvgIpc) is 2.01. The zero-order valence-corrected chi connectivity index (χ0v) is 6.27. The third-order valence-electron chi connectivity index (χ3n) is 0.875. The van der Waals surface area contributed by atoms with Crippen LogP contribution in [0.15, 0.2) is 29.4 Å². The number of azide groups is 1. The van der Waals surface area contributed by atoms with Crippen LogP contribution in [0.1, 0.15) is 6.92 Å². The Labute approximate surface area is 64.8 Å². The molecule has 11 heavy (non-hydrogen) atoms. The van der Waals surface area contributed by atoms with Crippen molar-refractivity contribution in [1.82, 2.24) is 0 Å². The van der Waals surface area contributed by atoms with E-state index < -0.39 is 0 Å².